The van der Waals surface area contributed by atoms with Crippen LogP contribution in [0, 0.1) is 0 Å². The van der Waals surface area contributed by atoms with Gasteiger partial charge in [-0.15, -0.1) is 10.2 Å². The third kappa shape index (κ3) is 3.50. The monoisotopic (exact) mass is 351 g/mol. The molecule has 0 saturated carbocycles. The number of likely N-dealkylation sites (N-methyl/N-ethyl adjacent to an activating group) is 1. The molecular formula is C18H21N7O. The third-order valence-electron chi connectivity index (χ3n) is 4.64. The molecule has 26 heavy (non-hydrogen) atoms. The molecule has 0 atom stereocenters. The van der Waals surface area contributed by atoms with E-state index < -0.39 is 0 Å². The van der Waals surface area contributed by atoms with Crippen LogP contribution in [0.1, 0.15) is 15.9 Å². The number of aromatic nitrogens is 4. The van der Waals surface area contributed by atoms with Gasteiger partial charge in [0.25, 0.3) is 5.91 Å². The van der Waals surface area contributed by atoms with Gasteiger partial charge >= 0.3 is 0 Å². The summed E-state index contributed by atoms with van der Waals surface area (Å²) in [6.45, 7) is 4.53. The number of piperazine rings is 1. The number of nitrogens with one attached hydrogen (secondary N) is 1. The molecule has 0 radical (unpaired) electrons. The Morgan fingerprint density at radius 1 is 1.15 bits per heavy atom. The molecule has 1 amide bonds. The van der Waals surface area contributed by atoms with Gasteiger partial charge in [0.05, 0.1) is 5.56 Å². The minimum absolute atomic E-state index is 0.135. The second-order valence-electron chi connectivity index (χ2n) is 6.51. The Hall–Kier alpha value is -3.00. The van der Waals surface area contributed by atoms with Crippen LogP contribution in [-0.2, 0) is 6.54 Å². The second kappa shape index (κ2) is 7.09. The molecule has 134 valence electrons. The Labute approximate surface area is 151 Å². The molecule has 1 aliphatic rings. The Kier molecular flexibility index (Phi) is 4.49. The van der Waals surface area contributed by atoms with Crippen LogP contribution in [0.5, 0.6) is 0 Å². The summed E-state index contributed by atoms with van der Waals surface area (Å²) in [6, 6.07) is 7.56. The summed E-state index contributed by atoms with van der Waals surface area (Å²) in [4.78, 5) is 21.5. The fraction of sp³-hybridized carbons (Fsp3) is 0.333. The topological polar surface area (TPSA) is 78.7 Å². The molecule has 8 heteroatoms. The minimum atomic E-state index is -0.135. The minimum Gasteiger partial charge on any atom is -0.354 e. The highest BCUT2D eigenvalue weighted by Crippen LogP contribution is 2.13. The van der Waals surface area contributed by atoms with E-state index in [1.165, 1.54) is 0 Å². The van der Waals surface area contributed by atoms with E-state index in [2.05, 4.69) is 37.3 Å². The maximum atomic E-state index is 12.3. The first kappa shape index (κ1) is 16.5. The van der Waals surface area contributed by atoms with Crippen molar-refractivity contribution in [2.75, 3.05) is 38.1 Å². The normalized spacial score (nSPS) is 15.3. The van der Waals surface area contributed by atoms with Gasteiger partial charge in [0.1, 0.15) is 12.1 Å². The highest BCUT2D eigenvalue weighted by atomic mass is 16.1. The van der Waals surface area contributed by atoms with Crippen LogP contribution in [0.4, 0.5) is 5.82 Å². The molecule has 1 fully saturated rings. The van der Waals surface area contributed by atoms with Crippen molar-refractivity contribution in [3.63, 3.8) is 0 Å². The van der Waals surface area contributed by atoms with E-state index in [1.807, 2.05) is 18.3 Å². The lowest BCUT2D eigenvalue weighted by atomic mass is 10.2. The molecule has 1 saturated heterocycles. The summed E-state index contributed by atoms with van der Waals surface area (Å²) in [5, 5.41) is 10.7. The van der Waals surface area contributed by atoms with Crippen molar-refractivity contribution >= 4 is 17.4 Å². The second-order valence-corrected chi connectivity index (χ2v) is 6.51. The van der Waals surface area contributed by atoms with Crippen LogP contribution in [0.3, 0.4) is 0 Å². The first-order valence-electron chi connectivity index (χ1n) is 8.65. The third-order valence-corrected chi connectivity index (χ3v) is 4.64. The molecule has 4 heterocycles. The number of rotatable bonds is 4. The molecule has 0 aromatic carbocycles. The number of fused-ring (bicyclic) bond motifs is 1. The van der Waals surface area contributed by atoms with Gasteiger partial charge in [-0.05, 0) is 30.8 Å². The summed E-state index contributed by atoms with van der Waals surface area (Å²) < 4.78 is 1.72. The molecule has 3 aromatic rings. The van der Waals surface area contributed by atoms with Gasteiger partial charge in [0.2, 0.25) is 0 Å². The van der Waals surface area contributed by atoms with Crippen LogP contribution >= 0.6 is 0 Å². The van der Waals surface area contributed by atoms with Gasteiger partial charge in [-0.2, -0.15) is 0 Å². The van der Waals surface area contributed by atoms with E-state index in [0.29, 0.717) is 17.8 Å². The summed E-state index contributed by atoms with van der Waals surface area (Å²) in [6.07, 6.45) is 5.13. The molecule has 3 aromatic heterocycles. The van der Waals surface area contributed by atoms with Crippen LogP contribution in [0.25, 0.3) is 5.65 Å². The van der Waals surface area contributed by atoms with E-state index in [9.17, 15) is 4.79 Å². The van der Waals surface area contributed by atoms with Gasteiger partial charge in [0, 0.05) is 45.1 Å². The van der Waals surface area contributed by atoms with Crippen LogP contribution in [-0.4, -0.2) is 63.6 Å². The summed E-state index contributed by atoms with van der Waals surface area (Å²) in [5.41, 5.74) is 2.26. The zero-order valence-electron chi connectivity index (χ0n) is 14.7. The molecule has 0 spiro atoms. The molecule has 0 unspecified atom stereocenters. The van der Waals surface area contributed by atoms with Gasteiger partial charge < -0.3 is 15.1 Å². The quantitative estimate of drug-likeness (QED) is 0.749. The fourth-order valence-corrected chi connectivity index (χ4v) is 2.99. The smallest absolute Gasteiger partial charge is 0.253 e. The Bertz CT molecular complexity index is 897. The van der Waals surface area contributed by atoms with E-state index in [4.69, 9.17) is 0 Å². The zero-order valence-corrected chi connectivity index (χ0v) is 14.7. The molecule has 1 N–H and O–H groups in total. The van der Waals surface area contributed by atoms with Gasteiger partial charge in [-0.3, -0.25) is 9.20 Å². The maximum absolute atomic E-state index is 12.3. The van der Waals surface area contributed by atoms with Crippen molar-refractivity contribution < 1.29 is 4.79 Å². The summed E-state index contributed by atoms with van der Waals surface area (Å²) >= 11 is 0. The average molecular weight is 351 g/mol. The van der Waals surface area contributed by atoms with Crippen molar-refractivity contribution in [1.82, 2.24) is 29.8 Å². The predicted octanol–water partition coefficient (Wildman–Crippen LogP) is 0.806. The van der Waals surface area contributed by atoms with Crippen LogP contribution in [0.2, 0.25) is 0 Å². The van der Waals surface area contributed by atoms with Gasteiger partial charge in [0.15, 0.2) is 5.65 Å². The number of carbonyl (C=O) groups excluding carboxylic acids is 1. The SMILES string of the molecule is CN1CCN(c2ccc(CNC(=O)c3ccc4nncn4c3)cn2)CC1. The number of anilines is 1. The van der Waals surface area contributed by atoms with Crippen molar-refractivity contribution in [1.29, 1.82) is 0 Å². The van der Waals surface area contributed by atoms with E-state index in [0.717, 1.165) is 37.6 Å². The first-order valence-corrected chi connectivity index (χ1v) is 8.65. The van der Waals surface area contributed by atoms with Crippen molar-refractivity contribution in [3.8, 4) is 0 Å². The van der Waals surface area contributed by atoms with Crippen molar-refractivity contribution in [2.24, 2.45) is 0 Å². The number of pyridine rings is 2. The lowest BCUT2D eigenvalue weighted by Gasteiger charge is -2.33. The maximum Gasteiger partial charge on any atom is 0.253 e. The fourth-order valence-electron chi connectivity index (χ4n) is 2.99. The Morgan fingerprint density at radius 2 is 2.00 bits per heavy atom. The Balaban J connectivity index is 1.36. The molecule has 8 nitrogen and oxygen atoms in total. The largest absolute Gasteiger partial charge is 0.354 e. The highest BCUT2D eigenvalue weighted by molar-refractivity contribution is 5.94. The molecule has 1 aliphatic heterocycles. The number of hydrogen-bond acceptors (Lipinski definition) is 6. The molecule has 0 bridgehead atoms. The lowest BCUT2D eigenvalue weighted by Crippen LogP contribution is -2.44. The van der Waals surface area contributed by atoms with Gasteiger partial charge in [-0.1, -0.05) is 6.07 Å². The predicted molar refractivity (Wildman–Crippen MR) is 98.1 cm³/mol. The van der Waals surface area contributed by atoms with E-state index in [-0.39, 0.29) is 5.91 Å². The summed E-state index contributed by atoms with van der Waals surface area (Å²) in [7, 11) is 2.14. The number of carbonyl (C=O) groups is 1. The number of amides is 1. The first-order chi connectivity index (χ1) is 12.7. The average Bonchev–Trinajstić information content (AvgIpc) is 3.15. The van der Waals surface area contributed by atoms with E-state index >= 15 is 0 Å². The Morgan fingerprint density at radius 3 is 2.77 bits per heavy atom. The standard InChI is InChI=1S/C18H21N7O/c1-23-6-8-24(9-7-23)16-4-2-14(10-19-16)11-20-18(26)15-3-5-17-22-21-13-25(17)12-15/h2-5,10,12-13H,6-9,11H2,1H3,(H,20,26). The zero-order chi connectivity index (χ0) is 17.9. The molecular weight excluding hydrogens is 330 g/mol. The number of nitrogens with zero attached hydrogens (tertiary/aromatic N) is 6. The lowest BCUT2D eigenvalue weighted by molar-refractivity contribution is 0.0950. The van der Waals surface area contributed by atoms with Crippen LogP contribution in [0.15, 0.2) is 43.0 Å². The van der Waals surface area contributed by atoms with Crippen LogP contribution < -0.4 is 10.2 Å². The highest BCUT2D eigenvalue weighted by Gasteiger charge is 2.15. The van der Waals surface area contributed by atoms with E-state index in [1.54, 1.807) is 29.1 Å². The van der Waals surface area contributed by atoms with Crippen molar-refractivity contribution in [3.05, 3.63) is 54.1 Å². The number of hydrogen-bond donors (Lipinski definition) is 1. The summed E-state index contributed by atoms with van der Waals surface area (Å²) in [5.74, 6) is 0.856. The van der Waals surface area contributed by atoms with Gasteiger partial charge in [-0.25, -0.2) is 4.98 Å². The molecule has 4 rings (SSSR count). The van der Waals surface area contributed by atoms with Crippen molar-refractivity contribution in [2.45, 2.75) is 6.54 Å². The molecule has 0 aliphatic carbocycles.